The molecule has 2 aliphatic heterocycles. The van der Waals surface area contributed by atoms with Crippen molar-refractivity contribution in [1.29, 1.82) is 0 Å². The number of ether oxygens (including phenoxy) is 1. The minimum atomic E-state index is -0.0961. The summed E-state index contributed by atoms with van der Waals surface area (Å²) in [5.74, 6) is -0.174. The van der Waals surface area contributed by atoms with Crippen LogP contribution in [0.2, 0.25) is 0 Å². The van der Waals surface area contributed by atoms with Gasteiger partial charge in [0.15, 0.2) is 0 Å². The summed E-state index contributed by atoms with van der Waals surface area (Å²) in [6, 6.07) is 5.62. The second-order valence-corrected chi connectivity index (χ2v) is 5.68. The van der Waals surface area contributed by atoms with Crippen LogP contribution in [0.3, 0.4) is 0 Å². The smallest absolute Gasteiger partial charge is 0.251 e. The van der Waals surface area contributed by atoms with Gasteiger partial charge in [0.1, 0.15) is 0 Å². The third-order valence-corrected chi connectivity index (χ3v) is 4.17. The average Bonchev–Trinajstić information content (AvgIpc) is 3.06. The molecule has 116 valence electrons. The van der Waals surface area contributed by atoms with Crippen LogP contribution in [-0.4, -0.2) is 37.6 Å². The Bertz CT molecular complexity index is 606. The summed E-state index contributed by atoms with van der Waals surface area (Å²) in [6.45, 7) is 5.53. The minimum absolute atomic E-state index is 0.0783. The number of carbonyl (C=O) groups is 2. The normalized spacial score (nSPS) is 20.4. The molecule has 1 N–H and O–H groups in total. The number of benzene rings is 1. The van der Waals surface area contributed by atoms with Gasteiger partial charge in [-0.25, -0.2) is 0 Å². The number of rotatable bonds is 3. The minimum Gasteiger partial charge on any atom is -0.379 e. The van der Waals surface area contributed by atoms with E-state index >= 15 is 0 Å². The molecule has 0 saturated carbocycles. The fourth-order valence-corrected chi connectivity index (χ4v) is 2.99. The summed E-state index contributed by atoms with van der Waals surface area (Å²) in [4.78, 5) is 25.9. The second-order valence-electron chi connectivity index (χ2n) is 5.68. The maximum Gasteiger partial charge on any atom is 0.251 e. The van der Waals surface area contributed by atoms with Crippen LogP contribution >= 0.6 is 0 Å². The van der Waals surface area contributed by atoms with Crippen molar-refractivity contribution >= 4 is 17.5 Å². The lowest BCUT2D eigenvalue weighted by Gasteiger charge is -2.29. The third-order valence-electron chi connectivity index (χ3n) is 4.17. The Hall–Kier alpha value is -2.14. The van der Waals surface area contributed by atoms with E-state index in [2.05, 4.69) is 11.9 Å². The molecule has 1 aromatic rings. The maximum absolute atomic E-state index is 12.3. The molecular weight excluding hydrogens is 280 g/mol. The highest BCUT2D eigenvalue weighted by molar-refractivity contribution is 6.02. The van der Waals surface area contributed by atoms with E-state index < -0.39 is 0 Å². The van der Waals surface area contributed by atoms with Crippen molar-refractivity contribution < 1.29 is 14.3 Å². The van der Waals surface area contributed by atoms with Crippen molar-refractivity contribution in [1.82, 2.24) is 5.32 Å². The summed E-state index contributed by atoms with van der Waals surface area (Å²) >= 11 is 0. The first kappa shape index (κ1) is 14.8. The summed E-state index contributed by atoms with van der Waals surface area (Å²) in [6.07, 6.45) is 3.96. The number of aryl methyl sites for hydroxylation is 1. The van der Waals surface area contributed by atoms with E-state index in [0.717, 1.165) is 30.5 Å². The first-order valence-electron chi connectivity index (χ1n) is 7.64. The van der Waals surface area contributed by atoms with Crippen LogP contribution in [0.5, 0.6) is 0 Å². The zero-order valence-corrected chi connectivity index (χ0v) is 12.5. The number of fused-ring (bicyclic) bond motifs is 1. The Morgan fingerprint density at radius 3 is 3.00 bits per heavy atom. The molecule has 0 bridgehead atoms. The van der Waals surface area contributed by atoms with Crippen molar-refractivity contribution in [2.75, 3.05) is 24.7 Å². The van der Waals surface area contributed by atoms with Gasteiger partial charge in [0.25, 0.3) is 5.91 Å². The fourth-order valence-electron chi connectivity index (χ4n) is 2.99. The van der Waals surface area contributed by atoms with Crippen molar-refractivity contribution in [3.8, 4) is 0 Å². The lowest BCUT2D eigenvalue weighted by molar-refractivity contribution is -0.114. The second kappa shape index (κ2) is 6.32. The molecule has 2 heterocycles. The lowest BCUT2D eigenvalue weighted by Crippen LogP contribution is -2.36. The largest absolute Gasteiger partial charge is 0.379 e. The molecule has 3 rings (SSSR count). The summed E-state index contributed by atoms with van der Waals surface area (Å²) in [5.41, 5.74) is 2.56. The van der Waals surface area contributed by atoms with E-state index in [1.165, 1.54) is 6.08 Å². The van der Waals surface area contributed by atoms with E-state index in [4.69, 9.17) is 4.74 Å². The zero-order chi connectivity index (χ0) is 15.5. The van der Waals surface area contributed by atoms with E-state index in [-0.39, 0.29) is 17.9 Å². The molecule has 1 atom stereocenters. The summed E-state index contributed by atoms with van der Waals surface area (Å²) in [7, 11) is 0. The Labute approximate surface area is 129 Å². The monoisotopic (exact) mass is 300 g/mol. The quantitative estimate of drug-likeness (QED) is 0.864. The van der Waals surface area contributed by atoms with Crippen molar-refractivity contribution in [2.24, 2.45) is 0 Å². The maximum atomic E-state index is 12.3. The van der Waals surface area contributed by atoms with Crippen LogP contribution in [0.4, 0.5) is 5.69 Å². The Morgan fingerprint density at radius 2 is 2.27 bits per heavy atom. The predicted octanol–water partition coefficient (Wildman–Crippen LogP) is 1.67. The topological polar surface area (TPSA) is 58.6 Å². The number of anilines is 1. The van der Waals surface area contributed by atoms with Gasteiger partial charge in [-0.2, -0.15) is 0 Å². The predicted molar refractivity (Wildman–Crippen MR) is 84.0 cm³/mol. The number of carbonyl (C=O) groups excluding carboxylic acids is 2. The number of nitrogens with one attached hydrogen (secondary N) is 1. The van der Waals surface area contributed by atoms with Crippen LogP contribution < -0.4 is 10.2 Å². The lowest BCUT2D eigenvalue weighted by atomic mass is 9.98. The first-order valence-corrected chi connectivity index (χ1v) is 7.64. The molecule has 2 aliphatic rings. The molecule has 2 amide bonds. The number of nitrogens with zero attached hydrogens (tertiary/aromatic N) is 1. The summed E-state index contributed by atoms with van der Waals surface area (Å²) in [5, 5.41) is 2.99. The standard InChI is InChI=1S/C17H20N2O3/c1-2-16(20)19-8-3-4-12-10-13(5-6-15(12)19)17(21)18-14-7-9-22-11-14/h2,5-6,10,14H,1,3-4,7-9,11H2,(H,18,21)/t14-/m1/s1. The Balaban J connectivity index is 1.79. The van der Waals surface area contributed by atoms with Crippen molar-refractivity contribution in [3.63, 3.8) is 0 Å². The molecule has 0 radical (unpaired) electrons. The van der Waals surface area contributed by atoms with Crippen LogP contribution in [0.25, 0.3) is 0 Å². The molecule has 0 unspecified atom stereocenters. The van der Waals surface area contributed by atoms with E-state index in [9.17, 15) is 9.59 Å². The first-order chi connectivity index (χ1) is 10.7. The molecule has 0 aromatic heterocycles. The molecule has 1 fully saturated rings. The molecule has 0 aliphatic carbocycles. The van der Waals surface area contributed by atoms with Crippen LogP contribution in [0.15, 0.2) is 30.9 Å². The van der Waals surface area contributed by atoms with Crippen molar-refractivity contribution in [2.45, 2.75) is 25.3 Å². The van der Waals surface area contributed by atoms with E-state index in [0.29, 0.717) is 25.3 Å². The molecule has 22 heavy (non-hydrogen) atoms. The molecule has 0 spiro atoms. The number of hydrogen-bond donors (Lipinski definition) is 1. The van der Waals surface area contributed by atoms with Gasteiger partial charge in [-0.15, -0.1) is 0 Å². The zero-order valence-electron chi connectivity index (χ0n) is 12.5. The highest BCUT2D eigenvalue weighted by Crippen LogP contribution is 2.28. The van der Waals surface area contributed by atoms with E-state index in [1.807, 2.05) is 12.1 Å². The van der Waals surface area contributed by atoms with Gasteiger partial charge in [0.2, 0.25) is 5.91 Å². The highest BCUT2D eigenvalue weighted by atomic mass is 16.5. The van der Waals surface area contributed by atoms with Gasteiger partial charge in [0, 0.05) is 24.4 Å². The fraction of sp³-hybridized carbons (Fsp3) is 0.412. The number of hydrogen-bond acceptors (Lipinski definition) is 3. The van der Waals surface area contributed by atoms with Crippen LogP contribution in [-0.2, 0) is 16.0 Å². The molecule has 1 saturated heterocycles. The molecule has 5 nitrogen and oxygen atoms in total. The van der Waals surface area contributed by atoms with Crippen LogP contribution in [0.1, 0.15) is 28.8 Å². The molecular formula is C17H20N2O3. The van der Waals surface area contributed by atoms with Gasteiger partial charge in [-0.05, 0) is 49.1 Å². The highest BCUT2D eigenvalue weighted by Gasteiger charge is 2.23. The SMILES string of the molecule is C=CC(=O)N1CCCc2cc(C(=O)N[C@@H]3CCOC3)ccc21. The van der Waals surface area contributed by atoms with Gasteiger partial charge < -0.3 is 15.0 Å². The molecule has 1 aromatic carbocycles. The Morgan fingerprint density at radius 1 is 1.41 bits per heavy atom. The third kappa shape index (κ3) is 2.90. The van der Waals surface area contributed by atoms with E-state index in [1.54, 1.807) is 11.0 Å². The van der Waals surface area contributed by atoms with Gasteiger partial charge >= 0.3 is 0 Å². The molecule has 5 heteroatoms. The van der Waals surface area contributed by atoms with Gasteiger partial charge in [0.05, 0.1) is 12.6 Å². The van der Waals surface area contributed by atoms with Crippen molar-refractivity contribution in [3.05, 3.63) is 42.0 Å². The van der Waals surface area contributed by atoms with Gasteiger partial charge in [-0.1, -0.05) is 6.58 Å². The number of amides is 2. The Kier molecular flexibility index (Phi) is 4.24. The van der Waals surface area contributed by atoms with Gasteiger partial charge in [-0.3, -0.25) is 9.59 Å². The van der Waals surface area contributed by atoms with Crippen LogP contribution in [0, 0.1) is 0 Å². The summed E-state index contributed by atoms with van der Waals surface area (Å²) < 4.78 is 5.27. The average molecular weight is 300 g/mol.